The van der Waals surface area contributed by atoms with E-state index in [4.69, 9.17) is 14.2 Å². The third kappa shape index (κ3) is 14.6. The Balaban J connectivity index is 0.000000140. The topological polar surface area (TPSA) is 208 Å². The average Bonchev–Trinajstić information content (AvgIpc) is 1.61. The summed E-state index contributed by atoms with van der Waals surface area (Å²) in [6.07, 6.45) is 19.0. The first kappa shape index (κ1) is 71.0. The van der Waals surface area contributed by atoms with Crippen molar-refractivity contribution in [3.63, 3.8) is 0 Å². The van der Waals surface area contributed by atoms with Crippen LogP contribution in [0.25, 0.3) is 50.2 Å². The highest BCUT2D eigenvalue weighted by molar-refractivity contribution is 5.88. The van der Waals surface area contributed by atoms with Gasteiger partial charge in [-0.05, 0) is 228 Å². The first-order chi connectivity index (χ1) is 50.9. The second kappa shape index (κ2) is 31.0. The van der Waals surface area contributed by atoms with Crippen molar-refractivity contribution in [1.29, 1.82) is 0 Å². The molecule has 3 amide bonds. The summed E-state index contributed by atoms with van der Waals surface area (Å²) in [7, 11) is 0. The van der Waals surface area contributed by atoms with Crippen LogP contribution in [0.3, 0.4) is 0 Å². The summed E-state index contributed by atoms with van der Waals surface area (Å²) in [5.74, 6) is 2.88. The minimum Gasteiger partial charge on any atom is -0.457 e. The third-order valence-electron chi connectivity index (χ3n) is 20.0. The summed E-state index contributed by atoms with van der Waals surface area (Å²) >= 11 is 0. The minimum absolute atomic E-state index is 0.104. The van der Waals surface area contributed by atoms with Gasteiger partial charge in [0.1, 0.15) is 28.7 Å². The van der Waals surface area contributed by atoms with Gasteiger partial charge in [0.15, 0.2) is 11.6 Å². The Morgan fingerprint density at radius 2 is 0.695 bits per heavy atom. The van der Waals surface area contributed by atoms with Crippen molar-refractivity contribution in [3.8, 4) is 51.6 Å². The molecule has 0 radical (unpaired) electrons. The van der Waals surface area contributed by atoms with Gasteiger partial charge in [-0.3, -0.25) is 56.7 Å². The van der Waals surface area contributed by atoms with Crippen LogP contribution in [0.2, 0.25) is 0 Å². The quantitative estimate of drug-likeness (QED) is 0.0878. The first-order valence-electron chi connectivity index (χ1n) is 35.1. The van der Waals surface area contributed by atoms with E-state index >= 15 is 0 Å². The molecule has 0 spiro atoms. The Labute approximate surface area is 605 Å². The van der Waals surface area contributed by atoms with Crippen molar-refractivity contribution >= 4 is 50.8 Å². The Morgan fingerprint density at radius 3 is 1.01 bits per heavy atom. The SMILES string of the molecule is C=CC(=O)N1CCC[C@@H](n2c(=O)n(-c3ccc(Oc4cccc(C)c4C)cc3)c3cnccc32)C1.C=CC(=O)N1CCC[C@@H](n2c(=O)n(-c3ccc(Oc4cccc(C)c4C)cc3)c3cnccc32)C1.C=CC(=O)N1CCC[C@@H](n2c(=O)n(-c3ccc(Oc4cccc(C)c4F)cc3)c3cnccc32)C1. The lowest BCUT2D eigenvalue weighted by Crippen LogP contribution is -2.42. The zero-order chi connectivity index (χ0) is 73.6. The number of likely N-dealkylation sites (tertiary alicyclic amines) is 3. The second-order valence-electron chi connectivity index (χ2n) is 26.5. The maximum Gasteiger partial charge on any atom is 0.334 e. The fraction of sp³-hybridized carbons (Fsp3) is 0.241. The Bertz CT molecular complexity index is 4940. The zero-order valence-corrected chi connectivity index (χ0v) is 59.3. The van der Waals surface area contributed by atoms with Gasteiger partial charge in [0.05, 0.1) is 86.9 Å². The molecule has 0 aliphatic carbocycles. The number of halogens is 1. The summed E-state index contributed by atoms with van der Waals surface area (Å²) < 4.78 is 42.6. The number of aromatic nitrogens is 9. The molecule has 3 saturated heterocycles. The van der Waals surface area contributed by atoms with E-state index in [0.29, 0.717) is 73.3 Å². The Kier molecular flexibility index (Phi) is 21.0. The van der Waals surface area contributed by atoms with Crippen molar-refractivity contribution in [2.45, 2.75) is 91.3 Å². The van der Waals surface area contributed by atoms with Crippen molar-refractivity contribution in [2.24, 2.45) is 0 Å². The lowest BCUT2D eigenvalue weighted by molar-refractivity contribution is -0.128. The number of hydrogen-bond acceptors (Lipinski definition) is 12. The monoisotopic (exact) mass is 1410 g/mol. The van der Waals surface area contributed by atoms with Gasteiger partial charge in [0, 0.05) is 57.9 Å². The van der Waals surface area contributed by atoms with E-state index < -0.39 is 5.82 Å². The van der Waals surface area contributed by atoms with Gasteiger partial charge in [-0.25, -0.2) is 18.8 Å². The van der Waals surface area contributed by atoms with E-state index in [9.17, 15) is 33.2 Å². The molecule has 21 nitrogen and oxygen atoms in total. The molecule has 22 heteroatoms. The number of ether oxygens (including phenoxy) is 3. The molecular formula is C83H81FN12O9. The van der Waals surface area contributed by atoms with Gasteiger partial charge >= 0.3 is 17.1 Å². The van der Waals surface area contributed by atoms with Crippen LogP contribution in [-0.2, 0) is 14.4 Å². The van der Waals surface area contributed by atoms with E-state index in [1.807, 2.05) is 105 Å². The van der Waals surface area contributed by atoms with Gasteiger partial charge < -0.3 is 28.9 Å². The number of amides is 3. The maximum absolute atomic E-state index is 14.3. The lowest BCUT2D eigenvalue weighted by Gasteiger charge is -2.32. The van der Waals surface area contributed by atoms with Crippen LogP contribution >= 0.6 is 0 Å². The number of benzene rings is 6. The minimum atomic E-state index is -0.404. The molecule has 3 atom stereocenters. The van der Waals surface area contributed by atoms with Crippen LogP contribution in [0.5, 0.6) is 34.5 Å². The molecule has 6 aromatic carbocycles. The van der Waals surface area contributed by atoms with Gasteiger partial charge in [-0.2, -0.15) is 0 Å². The van der Waals surface area contributed by atoms with Crippen molar-refractivity contribution in [2.75, 3.05) is 39.3 Å². The zero-order valence-electron chi connectivity index (χ0n) is 59.3. The molecule has 534 valence electrons. The molecule has 3 fully saturated rings. The number of fused-ring (bicyclic) bond motifs is 3. The van der Waals surface area contributed by atoms with E-state index in [1.54, 1.807) is 129 Å². The highest BCUT2D eigenvalue weighted by Gasteiger charge is 2.32. The standard InChI is InChI=1S/2C28H28N4O3.C27H25FN4O3/c2*1-4-27(33)30-16-6-8-22(18-30)32-24-14-15-29-17-25(24)31(28(32)34)21-10-12-23(13-11-21)35-26-9-5-7-19(2)20(26)3;1-3-25(33)30-15-5-7-20(17-30)32-22-13-14-29-16-23(22)31(27(32)34)19-9-11-21(12-10-19)35-24-8-4-6-18(2)26(24)28/h2*4-5,7,9-15,17,22H,1,6,8,16,18H2,2-3H3;3-4,6,8-14,16,20H,1,5,7,15,17H2,2H3/t2*22-;20-/m111/s1. The number of pyridine rings is 3. The molecule has 3 aliphatic heterocycles. The predicted molar refractivity (Wildman–Crippen MR) is 404 cm³/mol. The normalized spacial score (nSPS) is 15.8. The molecule has 0 unspecified atom stereocenters. The summed E-state index contributed by atoms with van der Waals surface area (Å²) in [5, 5.41) is 0. The number of rotatable bonds is 15. The summed E-state index contributed by atoms with van der Waals surface area (Å²) in [5.41, 5.74) is 11.1. The second-order valence-corrected chi connectivity index (χ2v) is 26.5. The van der Waals surface area contributed by atoms with Crippen LogP contribution in [0.1, 0.15) is 84.5 Å². The van der Waals surface area contributed by atoms with Crippen LogP contribution in [0.15, 0.2) is 235 Å². The van der Waals surface area contributed by atoms with E-state index in [2.05, 4.69) is 60.7 Å². The number of nitrogens with zero attached hydrogens (tertiary/aromatic N) is 12. The molecular weight excluding hydrogens is 1330 g/mol. The number of hydrogen-bond donors (Lipinski definition) is 0. The average molecular weight is 1410 g/mol. The molecule has 0 N–H and O–H groups in total. The molecule has 6 aromatic heterocycles. The van der Waals surface area contributed by atoms with Gasteiger partial charge in [-0.15, -0.1) is 0 Å². The highest BCUT2D eigenvalue weighted by Crippen LogP contribution is 2.35. The number of piperidine rings is 3. The molecule has 0 bridgehead atoms. The third-order valence-corrected chi connectivity index (χ3v) is 20.0. The van der Waals surface area contributed by atoms with Gasteiger partial charge in [0.2, 0.25) is 17.7 Å². The molecule has 3 aliphatic rings. The molecule has 105 heavy (non-hydrogen) atoms. The highest BCUT2D eigenvalue weighted by atomic mass is 19.1. The smallest absolute Gasteiger partial charge is 0.334 e. The van der Waals surface area contributed by atoms with E-state index in [0.717, 1.165) is 100 Å². The summed E-state index contributed by atoms with van der Waals surface area (Å²) in [4.78, 5) is 95.8. The first-order valence-corrected chi connectivity index (χ1v) is 35.1. The summed E-state index contributed by atoms with van der Waals surface area (Å²) in [6.45, 7) is 24.1. The van der Waals surface area contributed by atoms with Crippen LogP contribution in [0.4, 0.5) is 4.39 Å². The summed E-state index contributed by atoms with van der Waals surface area (Å²) in [6, 6.07) is 44.0. The maximum atomic E-state index is 14.3. The van der Waals surface area contributed by atoms with Gasteiger partial charge in [-0.1, -0.05) is 56.1 Å². The van der Waals surface area contributed by atoms with Crippen molar-refractivity contribution in [3.05, 3.63) is 286 Å². The Hall–Kier alpha value is -12.5. The Morgan fingerprint density at radius 1 is 0.400 bits per heavy atom. The van der Waals surface area contributed by atoms with Crippen LogP contribution in [-0.4, -0.2) is 114 Å². The molecule has 15 rings (SSSR count). The molecule has 9 heterocycles. The van der Waals surface area contributed by atoms with E-state index in [-0.39, 0.29) is 58.7 Å². The number of carbonyl (C=O) groups is 3. The van der Waals surface area contributed by atoms with Crippen molar-refractivity contribution in [1.82, 2.24) is 57.1 Å². The fourth-order valence-electron chi connectivity index (χ4n) is 14.2. The number of aryl methyl sites for hydroxylation is 3. The number of carbonyl (C=O) groups excluding carboxylic acids is 3. The largest absolute Gasteiger partial charge is 0.457 e. The van der Waals surface area contributed by atoms with Crippen LogP contribution < -0.4 is 31.3 Å². The van der Waals surface area contributed by atoms with E-state index in [1.165, 1.54) is 29.4 Å². The molecule has 0 saturated carbocycles. The fourth-order valence-corrected chi connectivity index (χ4v) is 14.2. The van der Waals surface area contributed by atoms with Crippen LogP contribution in [0, 0.1) is 40.4 Å². The van der Waals surface area contributed by atoms with Crippen molar-refractivity contribution < 1.29 is 33.0 Å². The molecule has 12 aromatic rings. The lowest BCUT2D eigenvalue weighted by atomic mass is 10.1. The number of imidazole rings is 3. The van der Waals surface area contributed by atoms with Gasteiger partial charge in [0.25, 0.3) is 0 Å². The predicted octanol–water partition coefficient (Wildman–Crippen LogP) is 14.7.